The molecule has 0 heterocycles. The number of ether oxygens (including phenoxy) is 1. The molecule has 116 valence electrons. The van der Waals surface area contributed by atoms with Gasteiger partial charge in [0.1, 0.15) is 11.8 Å². The highest BCUT2D eigenvalue weighted by molar-refractivity contribution is 7.84. The summed E-state index contributed by atoms with van der Waals surface area (Å²) in [4.78, 5) is 21.9. The van der Waals surface area contributed by atoms with Crippen molar-refractivity contribution in [2.24, 2.45) is 0 Å². The number of hydrogen-bond donors (Lipinski definition) is 2. The van der Waals surface area contributed by atoms with Gasteiger partial charge < -0.3 is 15.2 Å². The molecule has 6 nitrogen and oxygen atoms in total. The molecule has 1 aromatic rings. The van der Waals surface area contributed by atoms with Crippen LogP contribution in [0.2, 0.25) is 5.02 Å². The summed E-state index contributed by atoms with van der Waals surface area (Å²) in [5.74, 6) is -1.28. The Hall–Kier alpha value is -1.60. The Bertz CT molecular complexity index is 563. The van der Waals surface area contributed by atoms with E-state index in [1.165, 1.54) is 14.0 Å². The van der Waals surface area contributed by atoms with Crippen molar-refractivity contribution < 1.29 is 23.6 Å². The summed E-state index contributed by atoms with van der Waals surface area (Å²) < 4.78 is 17.2. The van der Waals surface area contributed by atoms with Gasteiger partial charge in [-0.05, 0) is 18.2 Å². The average molecular weight is 334 g/mol. The van der Waals surface area contributed by atoms with Crippen molar-refractivity contribution in [3.05, 3.63) is 28.8 Å². The molecule has 0 aliphatic rings. The van der Waals surface area contributed by atoms with Crippen LogP contribution in [-0.4, -0.2) is 40.1 Å². The Morgan fingerprint density at radius 3 is 2.67 bits per heavy atom. The van der Waals surface area contributed by atoms with Crippen molar-refractivity contribution in [1.29, 1.82) is 0 Å². The van der Waals surface area contributed by atoms with Crippen LogP contribution in [0.5, 0.6) is 5.75 Å². The molecule has 21 heavy (non-hydrogen) atoms. The van der Waals surface area contributed by atoms with Crippen molar-refractivity contribution in [2.75, 3.05) is 12.9 Å². The lowest BCUT2D eigenvalue weighted by Crippen LogP contribution is -2.43. The molecule has 2 N–H and O–H groups in total. The minimum Gasteiger partial charge on any atom is -0.496 e. The maximum absolute atomic E-state index is 12.1. The first-order chi connectivity index (χ1) is 9.83. The molecule has 1 amide bonds. The maximum atomic E-state index is 12.1. The predicted octanol–water partition coefficient (Wildman–Crippen LogP) is 1.19. The number of aliphatic carboxylic acids is 1. The third kappa shape index (κ3) is 5.73. The third-order valence-electron chi connectivity index (χ3n) is 2.59. The van der Waals surface area contributed by atoms with Gasteiger partial charge in [-0.25, -0.2) is 4.79 Å². The molecular weight excluding hydrogens is 318 g/mol. The SMILES string of the molecule is COc1ccc(Cl)cc1CS(=O)C[C@H](NC(C)=O)C(=O)O. The largest absolute Gasteiger partial charge is 0.496 e. The van der Waals surface area contributed by atoms with Crippen molar-refractivity contribution in [3.8, 4) is 5.75 Å². The molecule has 0 saturated heterocycles. The van der Waals surface area contributed by atoms with Crippen molar-refractivity contribution >= 4 is 34.3 Å². The zero-order valence-corrected chi connectivity index (χ0v) is 13.2. The van der Waals surface area contributed by atoms with Crippen LogP contribution in [-0.2, 0) is 26.1 Å². The number of carboxylic acids is 1. The van der Waals surface area contributed by atoms with E-state index in [9.17, 15) is 13.8 Å². The molecule has 0 bridgehead atoms. The summed E-state index contributed by atoms with van der Waals surface area (Å²) in [5.41, 5.74) is 0.621. The molecule has 1 unspecified atom stereocenters. The lowest BCUT2D eigenvalue weighted by molar-refractivity contribution is -0.140. The maximum Gasteiger partial charge on any atom is 0.327 e. The van der Waals surface area contributed by atoms with Gasteiger partial charge >= 0.3 is 5.97 Å². The molecule has 2 atom stereocenters. The van der Waals surface area contributed by atoms with Crippen molar-refractivity contribution in [3.63, 3.8) is 0 Å². The quantitative estimate of drug-likeness (QED) is 0.781. The summed E-state index contributed by atoms with van der Waals surface area (Å²) in [7, 11) is -0.0132. The fourth-order valence-corrected chi connectivity index (χ4v) is 3.18. The molecule has 0 fully saturated rings. The van der Waals surface area contributed by atoms with Gasteiger partial charge in [0, 0.05) is 28.3 Å². The Labute approximate surface area is 129 Å². The first-order valence-corrected chi connectivity index (χ1v) is 7.87. The second kappa shape index (κ2) is 7.99. The van der Waals surface area contributed by atoms with E-state index in [2.05, 4.69) is 5.32 Å². The first-order valence-electron chi connectivity index (χ1n) is 6.00. The molecule has 0 aromatic heterocycles. The zero-order valence-electron chi connectivity index (χ0n) is 11.6. The molecular formula is C13H16ClNO5S. The monoisotopic (exact) mass is 333 g/mol. The van der Waals surface area contributed by atoms with Crippen LogP contribution in [0.1, 0.15) is 12.5 Å². The molecule has 1 rings (SSSR count). The first kappa shape index (κ1) is 17.5. The fourth-order valence-electron chi connectivity index (χ4n) is 1.70. The standard InChI is InChI=1S/C13H16ClNO5S/c1-8(16)15-11(13(17)18)7-21(19)6-9-5-10(14)3-4-12(9)20-2/h3-5,11H,6-7H2,1-2H3,(H,15,16)(H,17,18)/t11-,21?/m0/s1. The van der Waals surface area contributed by atoms with Gasteiger partial charge in [-0.3, -0.25) is 9.00 Å². The van der Waals surface area contributed by atoms with Crippen LogP contribution in [0.25, 0.3) is 0 Å². The minimum absolute atomic E-state index is 0.0904. The Kier molecular flexibility index (Phi) is 6.64. The molecule has 0 saturated carbocycles. The second-order valence-electron chi connectivity index (χ2n) is 4.30. The van der Waals surface area contributed by atoms with Crippen LogP contribution in [0.4, 0.5) is 0 Å². The Morgan fingerprint density at radius 2 is 2.14 bits per heavy atom. The number of carbonyl (C=O) groups excluding carboxylic acids is 1. The molecule has 0 radical (unpaired) electrons. The highest BCUT2D eigenvalue weighted by atomic mass is 35.5. The number of benzene rings is 1. The van der Waals surface area contributed by atoms with Crippen LogP contribution in [0.15, 0.2) is 18.2 Å². The number of carboxylic acid groups (broad SMARTS) is 1. The summed E-state index contributed by atoms with van der Waals surface area (Å²) in [5, 5.41) is 11.7. The smallest absolute Gasteiger partial charge is 0.327 e. The van der Waals surface area contributed by atoms with E-state index in [0.717, 1.165) is 0 Å². The van der Waals surface area contributed by atoms with E-state index in [0.29, 0.717) is 16.3 Å². The normalized spacial score (nSPS) is 13.3. The van der Waals surface area contributed by atoms with Gasteiger partial charge in [-0.15, -0.1) is 0 Å². The van der Waals surface area contributed by atoms with E-state index < -0.39 is 28.7 Å². The lowest BCUT2D eigenvalue weighted by Gasteiger charge is -2.14. The molecule has 8 heteroatoms. The third-order valence-corrected chi connectivity index (χ3v) is 4.16. The van der Waals surface area contributed by atoms with E-state index in [1.54, 1.807) is 18.2 Å². The molecule has 0 spiro atoms. The summed E-state index contributed by atoms with van der Waals surface area (Å²) in [6, 6.07) is 3.72. The number of carbonyl (C=O) groups is 2. The van der Waals surface area contributed by atoms with Crippen LogP contribution < -0.4 is 10.1 Å². The number of hydrogen-bond acceptors (Lipinski definition) is 4. The van der Waals surface area contributed by atoms with Gasteiger partial charge in [-0.2, -0.15) is 0 Å². The van der Waals surface area contributed by atoms with Crippen LogP contribution in [0, 0.1) is 0 Å². The minimum atomic E-state index is -1.49. The van der Waals surface area contributed by atoms with Crippen LogP contribution >= 0.6 is 11.6 Å². The average Bonchev–Trinajstić information content (AvgIpc) is 2.37. The molecule has 1 aromatic carbocycles. The van der Waals surface area contributed by atoms with Gasteiger partial charge in [0.2, 0.25) is 5.91 Å². The summed E-state index contributed by atoms with van der Waals surface area (Å²) in [6.07, 6.45) is 0. The predicted molar refractivity (Wildman–Crippen MR) is 80.0 cm³/mol. The summed E-state index contributed by atoms with van der Waals surface area (Å²) in [6.45, 7) is 1.21. The lowest BCUT2D eigenvalue weighted by atomic mass is 10.2. The number of rotatable bonds is 7. The fraction of sp³-hybridized carbons (Fsp3) is 0.385. The van der Waals surface area contributed by atoms with E-state index in [-0.39, 0.29) is 11.5 Å². The number of halogens is 1. The van der Waals surface area contributed by atoms with E-state index in [4.69, 9.17) is 21.4 Å². The molecule has 0 aliphatic heterocycles. The second-order valence-corrected chi connectivity index (χ2v) is 6.24. The van der Waals surface area contributed by atoms with Gasteiger partial charge in [0.25, 0.3) is 0 Å². The van der Waals surface area contributed by atoms with Gasteiger partial charge in [-0.1, -0.05) is 11.6 Å². The highest BCUT2D eigenvalue weighted by Gasteiger charge is 2.22. The van der Waals surface area contributed by atoms with E-state index in [1.807, 2.05) is 0 Å². The number of methoxy groups -OCH3 is 1. The topological polar surface area (TPSA) is 92.7 Å². The highest BCUT2D eigenvalue weighted by Crippen LogP contribution is 2.24. The Morgan fingerprint density at radius 1 is 1.48 bits per heavy atom. The van der Waals surface area contributed by atoms with Crippen molar-refractivity contribution in [1.82, 2.24) is 5.32 Å². The van der Waals surface area contributed by atoms with E-state index >= 15 is 0 Å². The number of amides is 1. The Balaban J connectivity index is 2.78. The molecule has 0 aliphatic carbocycles. The number of nitrogens with one attached hydrogen (secondary N) is 1. The van der Waals surface area contributed by atoms with Gasteiger partial charge in [0.15, 0.2) is 0 Å². The zero-order chi connectivity index (χ0) is 16.0. The summed E-state index contributed by atoms with van der Waals surface area (Å²) >= 11 is 5.88. The van der Waals surface area contributed by atoms with Gasteiger partial charge in [0.05, 0.1) is 18.6 Å². The van der Waals surface area contributed by atoms with Crippen molar-refractivity contribution in [2.45, 2.75) is 18.7 Å². The van der Waals surface area contributed by atoms with Crippen LogP contribution in [0.3, 0.4) is 0 Å².